The number of rotatable bonds is 3. The molecule has 0 aliphatic rings. The topological polar surface area (TPSA) is 45.9 Å². The van der Waals surface area contributed by atoms with Crippen molar-refractivity contribution in [2.45, 2.75) is 0 Å². The first-order valence-electron chi connectivity index (χ1n) is 6.42. The molecule has 4 heteroatoms. The first-order chi connectivity index (χ1) is 10.3. The summed E-state index contributed by atoms with van der Waals surface area (Å²) in [5.74, 6) is 0.788. The Morgan fingerprint density at radius 2 is 1.71 bits per heavy atom. The number of nitrogens with zero attached hydrogens (tertiary/aromatic N) is 2. The van der Waals surface area contributed by atoms with Crippen LogP contribution >= 0.6 is 11.3 Å². The highest BCUT2D eigenvalue weighted by molar-refractivity contribution is 7.16. The molecule has 0 radical (unpaired) electrons. The fraction of sp³-hybridized carbons (Fsp3) is 0.0588. The van der Waals surface area contributed by atoms with Gasteiger partial charge in [-0.2, -0.15) is 5.26 Å². The van der Waals surface area contributed by atoms with Crippen LogP contribution in [0.25, 0.3) is 21.8 Å². The number of nitriles is 1. The smallest absolute Gasteiger partial charge is 0.133 e. The number of hydrogen-bond donors (Lipinski definition) is 0. The summed E-state index contributed by atoms with van der Waals surface area (Å²) >= 11 is 1.41. The third-order valence-corrected chi connectivity index (χ3v) is 4.12. The Hall–Kier alpha value is -2.64. The van der Waals surface area contributed by atoms with E-state index in [2.05, 4.69) is 11.1 Å². The monoisotopic (exact) mass is 292 g/mol. The van der Waals surface area contributed by atoms with E-state index >= 15 is 0 Å². The summed E-state index contributed by atoms with van der Waals surface area (Å²) < 4.78 is 5.15. The van der Waals surface area contributed by atoms with Gasteiger partial charge in [0.05, 0.1) is 12.8 Å². The van der Waals surface area contributed by atoms with E-state index < -0.39 is 0 Å². The molecule has 0 bridgehead atoms. The van der Waals surface area contributed by atoms with E-state index in [0.717, 1.165) is 27.6 Å². The Kier molecular flexibility index (Phi) is 3.67. The van der Waals surface area contributed by atoms with Crippen LogP contribution in [0.5, 0.6) is 5.75 Å². The van der Waals surface area contributed by atoms with Gasteiger partial charge in [-0.15, -0.1) is 11.3 Å². The Morgan fingerprint density at radius 1 is 1.00 bits per heavy atom. The lowest BCUT2D eigenvalue weighted by Gasteiger charge is -2.01. The van der Waals surface area contributed by atoms with Gasteiger partial charge in [-0.1, -0.05) is 30.3 Å². The zero-order valence-corrected chi connectivity index (χ0v) is 12.2. The molecule has 3 aromatic rings. The predicted molar refractivity (Wildman–Crippen MR) is 84.3 cm³/mol. The maximum absolute atomic E-state index is 9.34. The van der Waals surface area contributed by atoms with Gasteiger partial charge in [0.15, 0.2) is 0 Å². The fourth-order valence-electron chi connectivity index (χ4n) is 2.04. The molecule has 0 atom stereocenters. The molecule has 1 heterocycles. The Morgan fingerprint density at radius 3 is 2.33 bits per heavy atom. The van der Waals surface area contributed by atoms with Crippen LogP contribution in [0, 0.1) is 11.3 Å². The van der Waals surface area contributed by atoms with Crippen LogP contribution in [0.3, 0.4) is 0 Å². The van der Waals surface area contributed by atoms with Crippen LogP contribution < -0.4 is 4.74 Å². The lowest BCUT2D eigenvalue weighted by atomic mass is 10.1. The molecule has 0 fully saturated rings. The van der Waals surface area contributed by atoms with Crippen molar-refractivity contribution < 1.29 is 4.74 Å². The van der Waals surface area contributed by atoms with Crippen LogP contribution in [0.15, 0.2) is 54.6 Å². The van der Waals surface area contributed by atoms with Crippen LogP contribution in [0.2, 0.25) is 0 Å². The zero-order valence-electron chi connectivity index (χ0n) is 11.4. The standard InChI is InChI=1S/C17H12N2OS/c1-20-14-9-7-12(8-10-14)16-15(11-18)21-17(19-16)13-5-3-2-4-6-13/h2-10H,1H3. The van der Waals surface area contributed by atoms with Crippen molar-refractivity contribution >= 4 is 11.3 Å². The maximum Gasteiger partial charge on any atom is 0.133 e. The molecule has 0 aliphatic carbocycles. The molecule has 0 unspecified atom stereocenters. The second-order valence-corrected chi connectivity index (χ2v) is 5.40. The number of thiazole rings is 1. The summed E-state index contributed by atoms with van der Waals surface area (Å²) in [6.45, 7) is 0. The molecule has 0 aliphatic heterocycles. The second kappa shape index (κ2) is 5.78. The quantitative estimate of drug-likeness (QED) is 0.720. The highest BCUT2D eigenvalue weighted by atomic mass is 32.1. The molecule has 0 saturated carbocycles. The lowest BCUT2D eigenvalue weighted by Crippen LogP contribution is -1.84. The van der Waals surface area contributed by atoms with Crippen LogP contribution in [0.4, 0.5) is 0 Å². The number of benzene rings is 2. The minimum atomic E-state index is 0.624. The molecule has 0 saturated heterocycles. The van der Waals surface area contributed by atoms with Crippen molar-refractivity contribution in [2.24, 2.45) is 0 Å². The molecular weight excluding hydrogens is 280 g/mol. The molecule has 1 aromatic heterocycles. The minimum Gasteiger partial charge on any atom is -0.497 e. The summed E-state index contributed by atoms with van der Waals surface area (Å²) in [6.07, 6.45) is 0. The molecule has 21 heavy (non-hydrogen) atoms. The molecule has 3 nitrogen and oxygen atoms in total. The van der Waals surface area contributed by atoms with E-state index in [1.165, 1.54) is 11.3 Å². The Balaban J connectivity index is 2.06. The molecule has 0 N–H and O–H groups in total. The fourth-order valence-corrected chi connectivity index (χ4v) is 2.93. The van der Waals surface area contributed by atoms with Gasteiger partial charge in [0.25, 0.3) is 0 Å². The average molecular weight is 292 g/mol. The first-order valence-corrected chi connectivity index (χ1v) is 7.24. The summed E-state index contributed by atoms with van der Waals surface area (Å²) in [5.41, 5.74) is 2.67. The Bertz CT molecular complexity index is 786. The van der Waals surface area contributed by atoms with Gasteiger partial charge >= 0.3 is 0 Å². The van der Waals surface area contributed by atoms with E-state index in [4.69, 9.17) is 4.74 Å². The third-order valence-electron chi connectivity index (χ3n) is 3.11. The highest BCUT2D eigenvalue weighted by Gasteiger charge is 2.14. The third kappa shape index (κ3) is 2.64. The van der Waals surface area contributed by atoms with Crippen molar-refractivity contribution in [3.8, 4) is 33.6 Å². The summed E-state index contributed by atoms with van der Waals surface area (Å²) in [4.78, 5) is 5.26. The van der Waals surface area contributed by atoms with E-state index in [1.807, 2.05) is 54.6 Å². The van der Waals surface area contributed by atoms with Crippen LogP contribution in [0.1, 0.15) is 4.88 Å². The van der Waals surface area contributed by atoms with Gasteiger partial charge in [-0.05, 0) is 24.3 Å². The van der Waals surface area contributed by atoms with Gasteiger partial charge in [0.2, 0.25) is 0 Å². The van der Waals surface area contributed by atoms with Crippen LogP contribution in [-0.2, 0) is 0 Å². The van der Waals surface area contributed by atoms with Crippen molar-refractivity contribution in [3.05, 3.63) is 59.5 Å². The molecule has 102 valence electrons. The lowest BCUT2D eigenvalue weighted by molar-refractivity contribution is 0.415. The number of aromatic nitrogens is 1. The normalized spacial score (nSPS) is 10.1. The number of methoxy groups -OCH3 is 1. The SMILES string of the molecule is COc1ccc(-c2nc(-c3ccccc3)sc2C#N)cc1. The van der Waals surface area contributed by atoms with Crippen molar-refractivity contribution in [1.82, 2.24) is 4.98 Å². The number of hydrogen-bond acceptors (Lipinski definition) is 4. The molecular formula is C17H12N2OS. The zero-order chi connectivity index (χ0) is 14.7. The minimum absolute atomic E-state index is 0.624. The first kappa shape index (κ1) is 13.3. The van der Waals surface area contributed by atoms with Gasteiger partial charge in [-0.3, -0.25) is 0 Å². The molecule has 0 amide bonds. The number of ether oxygens (including phenoxy) is 1. The van der Waals surface area contributed by atoms with E-state index in [-0.39, 0.29) is 0 Å². The summed E-state index contributed by atoms with van der Waals surface area (Å²) in [5, 5.41) is 10.2. The van der Waals surface area contributed by atoms with Gasteiger partial charge < -0.3 is 4.74 Å². The van der Waals surface area contributed by atoms with Crippen LogP contribution in [-0.4, -0.2) is 12.1 Å². The molecule has 0 spiro atoms. The second-order valence-electron chi connectivity index (χ2n) is 4.40. The molecule has 3 rings (SSSR count). The van der Waals surface area contributed by atoms with Gasteiger partial charge in [0.1, 0.15) is 21.7 Å². The summed E-state index contributed by atoms with van der Waals surface area (Å²) in [7, 11) is 1.63. The van der Waals surface area contributed by atoms with E-state index in [1.54, 1.807) is 7.11 Å². The summed E-state index contributed by atoms with van der Waals surface area (Å²) in [6, 6.07) is 19.7. The van der Waals surface area contributed by atoms with Gasteiger partial charge in [-0.25, -0.2) is 4.98 Å². The van der Waals surface area contributed by atoms with Gasteiger partial charge in [0, 0.05) is 11.1 Å². The van der Waals surface area contributed by atoms with E-state index in [9.17, 15) is 5.26 Å². The van der Waals surface area contributed by atoms with Crippen molar-refractivity contribution in [3.63, 3.8) is 0 Å². The maximum atomic E-state index is 9.34. The highest BCUT2D eigenvalue weighted by Crippen LogP contribution is 2.33. The van der Waals surface area contributed by atoms with Crippen molar-refractivity contribution in [2.75, 3.05) is 7.11 Å². The largest absolute Gasteiger partial charge is 0.497 e. The Labute approximate surface area is 127 Å². The van der Waals surface area contributed by atoms with E-state index in [0.29, 0.717) is 4.88 Å². The average Bonchev–Trinajstić information content (AvgIpc) is 3.00. The van der Waals surface area contributed by atoms with Crippen molar-refractivity contribution in [1.29, 1.82) is 5.26 Å². The predicted octanol–water partition coefficient (Wildman–Crippen LogP) is 4.36. The molecule has 2 aromatic carbocycles.